The normalized spacial score (nSPS) is 22.8. The molecule has 0 saturated heterocycles. The van der Waals surface area contributed by atoms with Crippen molar-refractivity contribution in [2.45, 2.75) is 10.1 Å². The molecule has 17 heavy (non-hydrogen) atoms. The van der Waals surface area contributed by atoms with Crippen molar-refractivity contribution < 1.29 is 16.8 Å². The standard InChI is InChI=1S/C10H9ClO4S2/c11-8-1-3-9(4-2-8)17(14,15)10-5-6-16(12,13)7-10/h1-6,10H,7H2. The zero-order valence-corrected chi connectivity index (χ0v) is 11.0. The van der Waals surface area contributed by atoms with Gasteiger partial charge in [0.2, 0.25) is 0 Å². The molecule has 0 bridgehead atoms. The summed E-state index contributed by atoms with van der Waals surface area (Å²) in [5.74, 6) is -0.391. The van der Waals surface area contributed by atoms with E-state index in [4.69, 9.17) is 11.6 Å². The van der Waals surface area contributed by atoms with E-state index in [1.54, 1.807) is 0 Å². The Morgan fingerprint density at radius 1 is 1.18 bits per heavy atom. The van der Waals surface area contributed by atoms with Gasteiger partial charge in [-0.25, -0.2) is 16.8 Å². The zero-order valence-electron chi connectivity index (χ0n) is 8.58. The molecule has 92 valence electrons. The van der Waals surface area contributed by atoms with Gasteiger partial charge in [-0.3, -0.25) is 0 Å². The molecule has 0 saturated carbocycles. The molecule has 0 aromatic heterocycles. The molecule has 0 N–H and O–H groups in total. The van der Waals surface area contributed by atoms with Crippen LogP contribution in [0.5, 0.6) is 0 Å². The summed E-state index contributed by atoms with van der Waals surface area (Å²) in [7, 11) is -7.03. The summed E-state index contributed by atoms with van der Waals surface area (Å²) in [6.45, 7) is 0. The number of sulfone groups is 2. The summed E-state index contributed by atoms with van der Waals surface area (Å²) in [5, 5.41) is 0.373. The first-order valence-electron chi connectivity index (χ1n) is 4.72. The molecule has 0 aliphatic carbocycles. The molecule has 0 radical (unpaired) electrons. The first kappa shape index (κ1) is 12.6. The maximum absolute atomic E-state index is 12.1. The quantitative estimate of drug-likeness (QED) is 0.827. The van der Waals surface area contributed by atoms with Gasteiger partial charge in [-0.1, -0.05) is 17.7 Å². The van der Waals surface area contributed by atoms with Crippen molar-refractivity contribution in [3.8, 4) is 0 Å². The molecule has 2 rings (SSSR count). The van der Waals surface area contributed by atoms with Crippen LogP contribution in [-0.2, 0) is 19.7 Å². The molecule has 0 amide bonds. The van der Waals surface area contributed by atoms with Crippen LogP contribution in [0, 0.1) is 0 Å². The van der Waals surface area contributed by atoms with Crippen LogP contribution < -0.4 is 0 Å². The minimum absolute atomic E-state index is 0.0775. The van der Waals surface area contributed by atoms with Gasteiger partial charge in [-0.2, -0.15) is 0 Å². The molecule has 1 atom stereocenters. The predicted molar refractivity (Wildman–Crippen MR) is 65.4 cm³/mol. The molecule has 7 heteroatoms. The van der Waals surface area contributed by atoms with Gasteiger partial charge in [-0.15, -0.1) is 0 Å². The van der Waals surface area contributed by atoms with Crippen LogP contribution in [0.15, 0.2) is 40.6 Å². The van der Waals surface area contributed by atoms with Gasteiger partial charge in [0.25, 0.3) is 0 Å². The average molecular weight is 293 g/mol. The molecule has 1 aliphatic rings. The molecule has 1 aromatic rings. The Labute approximate surface area is 105 Å². The van der Waals surface area contributed by atoms with Crippen LogP contribution in [0.25, 0.3) is 0 Å². The second-order valence-corrected chi connectivity index (χ2v) is 8.23. The summed E-state index contributed by atoms with van der Waals surface area (Å²) in [6, 6.07) is 5.66. The van der Waals surface area contributed by atoms with Crippen molar-refractivity contribution in [3.05, 3.63) is 40.8 Å². The summed E-state index contributed by atoms with van der Waals surface area (Å²) < 4.78 is 46.6. The minimum Gasteiger partial charge on any atom is -0.224 e. The molecule has 0 spiro atoms. The summed E-state index contributed by atoms with van der Waals surface area (Å²) in [5.41, 5.74) is 0. The van der Waals surface area contributed by atoms with Crippen LogP contribution in [0.2, 0.25) is 5.02 Å². The Hall–Kier alpha value is -0.850. The van der Waals surface area contributed by atoms with E-state index in [-0.39, 0.29) is 4.90 Å². The number of rotatable bonds is 2. The number of halogens is 1. The molecule has 1 heterocycles. The predicted octanol–water partition coefficient (Wildman–Crippen LogP) is 1.42. The van der Waals surface area contributed by atoms with Gasteiger partial charge < -0.3 is 0 Å². The van der Waals surface area contributed by atoms with E-state index in [2.05, 4.69) is 0 Å². The average Bonchev–Trinajstić information content (AvgIpc) is 2.60. The smallest absolute Gasteiger partial charge is 0.185 e. The van der Waals surface area contributed by atoms with Crippen molar-refractivity contribution in [2.75, 3.05) is 5.75 Å². The third-order valence-corrected chi connectivity index (χ3v) is 6.35. The lowest BCUT2D eigenvalue weighted by Crippen LogP contribution is -2.22. The van der Waals surface area contributed by atoms with Gasteiger partial charge in [-0.05, 0) is 24.3 Å². The lowest BCUT2D eigenvalue weighted by molar-refractivity contribution is 0.587. The van der Waals surface area contributed by atoms with Crippen LogP contribution in [-0.4, -0.2) is 27.8 Å². The molecule has 1 aromatic carbocycles. The minimum atomic E-state index is -3.65. The highest BCUT2D eigenvalue weighted by molar-refractivity contribution is 7.98. The van der Waals surface area contributed by atoms with Gasteiger partial charge in [0, 0.05) is 10.4 Å². The third kappa shape index (κ3) is 2.53. The van der Waals surface area contributed by atoms with E-state index in [1.807, 2.05) is 0 Å². The summed E-state index contributed by atoms with van der Waals surface area (Å²) in [4.78, 5) is 0.0775. The fraction of sp³-hybridized carbons (Fsp3) is 0.200. The molecular formula is C10H9ClO4S2. The summed E-state index contributed by atoms with van der Waals surface area (Å²) >= 11 is 5.66. The Morgan fingerprint density at radius 2 is 1.76 bits per heavy atom. The van der Waals surface area contributed by atoms with Crippen LogP contribution >= 0.6 is 11.6 Å². The molecule has 0 fully saturated rings. The maximum Gasteiger partial charge on any atom is 0.185 e. The topological polar surface area (TPSA) is 68.3 Å². The molecule has 1 unspecified atom stereocenters. The Morgan fingerprint density at radius 3 is 2.24 bits per heavy atom. The first-order valence-corrected chi connectivity index (χ1v) is 8.36. The van der Waals surface area contributed by atoms with Gasteiger partial charge >= 0.3 is 0 Å². The van der Waals surface area contributed by atoms with Crippen molar-refractivity contribution in [3.63, 3.8) is 0 Å². The van der Waals surface area contributed by atoms with Crippen molar-refractivity contribution >= 4 is 31.3 Å². The van der Waals surface area contributed by atoms with E-state index < -0.39 is 30.7 Å². The van der Waals surface area contributed by atoms with E-state index in [1.165, 1.54) is 30.3 Å². The lowest BCUT2D eigenvalue weighted by atomic mass is 10.4. The van der Waals surface area contributed by atoms with Crippen LogP contribution in [0.3, 0.4) is 0 Å². The lowest BCUT2D eigenvalue weighted by Gasteiger charge is -2.08. The Balaban J connectivity index is 2.39. The Bertz CT molecular complexity index is 657. The first-order chi connectivity index (χ1) is 7.81. The van der Waals surface area contributed by atoms with Gasteiger partial charge in [0.15, 0.2) is 19.7 Å². The van der Waals surface area contributed by atoms with Gasteiger partial charge in [0.1, 0.15) is 0 Å². The maximum atomic E-state index is 12.1. The molecular weight excluding hydrogens is 284 g/mol. The summed E-state index contributed by atoms with van der Waals surface area (Å²) in [6.07, 6.45) is 1.21. The van der Waals surface area contributed by atoms with Crippen LogP contribution in [0.1, 0.15) is 0 Å². The van der Waals surface area contributed by atoms with Crippen molar-refractivity contribution in [1.29, 1.82) is 0 Å². The highest BCUT2D eigenvalue weighted by Crippen LogP contribution is 2.24. The second kappa shape index (κ2) is 4.12. The number of hydrogen-bond acceptors (Lipinski definition) is 4. The largest absolute Gasteiger partial charge is 0.224 e. The highest BCUT2D eigenvalue weighted by atomic mass is 35.5. The van der Waals surface area contributed by atoms with Crippen molar-refractivity contribution in [2.24, 2.45) is 0 Å². The Kier molecular flexibility index (Phi) is 3.05. The van der Waals surface area contributed by atoms with Crippen molar-refractivity contribution in [1.82, 2.24) is 0 Å². The zero-order chi connectivity index (χ0) is 12.7. The third-order valence-electron chi connectivity index (χ3n) is 2.44. The van der Waals surface area contributed by atoms with E-state index in [9.17, 15) is 16.8 Å². The van der Waals surface area contributed by atoms with Crippen LogP contribution in [0.4, 0.5) is 0 Å². The monoisotopic (exact) mass is 292 g/mol. The molecule has 1 aliphatic heterocycles. The van der Waals surface area contributed by atoms with E-state index in [0.29, 0.717) is 5.02 Å². The second-order valence-electron chi connectivity index (χ2n) is 3.70. The van der Waals surface area contributed by atoms with Gasteiger partial charge in [0.05, 0.1) is 15.9 Å². The number of benzene rings is 1. The highest BCUT2D eigenvalue weighted by Gasteiger charge is 2.33. The van der Waals surface area contributed by atoms with E-state index in [0.717, 1.165) is 5.41 Å². The fourth-order valence-corrected chi connectivity index (χ4v) is 5.31. The fourth-order valence-electron chi connectivity index (χ4n) is 1.54. The van der Waals surface area contributed by atoms with E-state index >= 15 is 0 Å². The molecule has 4 nitrogen and oxygen atoms in total. The SMILES string of the molecule is O=S1(=O)C=CC(S(=O)(=O)c2ccc(Cl)cc2)C1. The number of hydrogen-bond donors (Lipinski definition) is 0.